The number of amides is 2. The van der Waals surface area contributed by atoms with E-state index in [0.717, 1.165) is 64.7 Å². The number of H-pyrrole nitrogens is 1. The molecule has 5 aromatic rings. The molecule has 1 fully saturated rings. The van der Waals surface area contributed by atoms with Crippen LogP contribution in [0, 0.1) is 6.92 Å². The van der Waals surface area contributed by atoms with Gasteiger partial charge in [-0.05, 0) is 59.1 Å². The average molecular weight is 491 g/mol. The van der Waals surface area contributed by atoms with E-state index in [9.17, 15) is 9.59 Å². The molecule has 3 N–H and O–H groups in total. The van der Waals surface area contributed by atoms with Crippen molar-refractivity contribution in [3.63, 3.8) is 0 Å². The molecule has 0 saturated carbocycles. The summed E-state index contributed by atoms with van der Waals surface area (Å²) < 4.78 is 0. The van der Waals surface area contributed by atoms with Gasteiger partial charge in [0.1, 0.15) is 0 Å². The summed E-state index contributed by atoms with van der Waals surface area (Å²) in [5.74, 6) is -0.324. The molecule has 0 atom stereocenters. The highest BCUT2D eigenvalue weighted by Gasteiger charge is 2.22. The van der Waals surface area contributed by atoms with Crippen molar-refractivity contribution in [1.29, 1.82) is 0 Å². The first kappa shape index (κ1) is 23.3. The molecule has 1 aromatic heterocycles. The third-order valence-corrected chi connectivity index (χ3v) is 7.67. The van der Waals surface area contributed by atoms with E-state index in [1.165, 1.54) is 16.3 Å². The fraction of sp³-hybridized carbons (Fsp3) is 0.226. The molecule has 2 amide bonds. The first-order valence-electron chi connectivity index (χ1n) is 12.7. The monoisotopic (exact) mass is 490 g/mol. The van der Waals surface area contributed by atoms with Crippen LogP contribution in [0.3, 0.4) is 0 Å². The molecule has 0 aliphatic carbocycles. The van der Waals surface area contributed by atoms with E-state index in [1.807, 2.05) is 29.2 Å². The molecule has 1 saturated heterocycles. The van der Waals surface area contributed by atoms with Gasteiger partial charge in [-0.3, -0.25) is 9.59 Å². The summed E-state index contributed by atoms with van der Waals surface area (Å²) in [5, 5.41) is 4.47. The molecule has 4 aromatic carbocycles. The number of nitrogens with two attached hydrogens (primary N) is 1. The number of rotatable bonds is 4. The molecule has 1 aliphatic rings. The van der Waals surface area contributed by atoms with Crippen molar-refractivity contribution in [1.82, 2.24) is 14.8 Å². The SMILES string of the molecule is Cc1ccc(-c2ccc(CC(N)=O)c3[nH]c4cc(C(=O)N5CCN(C)CC5)ccc4c23)c2ccccc12. The minimum Gasteiger partial charge on any atom is -0.369 e. The van der Waals surface area contributed by atoms with Crippen LogP contribution in [-0.4, -0.2) is 59.8 Å². The van der Waals surface area contributed by atoms with Crippen LogP contribution in [0.2, 0.25) is 0 Å². The van der Waals surface area contributed by atoms with Gasteiger partial charge in [0.15, 0.2) is 0 Å². The third-order valence-electron chi connectivity index (χ3n) is 7.67. The quantitative estimate of drug-likeness (QED) is 0.377. The van der Waals surface area contributed by atoms with E-state index in [-0.39, 0.29) is 18.2 Å². The number of carbonyl (C=O) groups is 2. The molecule has 1 aliphatic heterocycles. The van der Waals surface area contributed by atoms with Crippen LogP contribution in [0.1, 0.15) is 21.5 Å². The number of nitrogens with one attached hydrogen (secondary N) is 1. The number of primary amides is 1. The van der Waals surface area contributed by atoms with Crippen LogP contribution in [-0.2, 0) is 11.2 Å². The predicted octanol–water partition coefficient (Wildman–Crippen LogP) is 4.87. The van der Waals surface area contributed by atoms with Gasteiger partial charge in [-0.25, -0.2) is 0 Å². The van der Waals surface area contributed by atoms with Gasteiger partial charge < -0.3 is 20.5 Å². The molecule has 0 unspecified atom stereocenters. The Morgan fingerprint density at radius 2 is 1.59 bits per heavy atom. The predicted molar refractivity (Wildman–Crippen MR) is 150 cm³/mol. The highest BCUT2D eigenvalue weighted by molar-refractivity contribution is 6.18. The van der Waals surface area contributed by atoms with E-state index in [1.54, 1.807) is 0 Å². The molecule has 0 radical (unpaired) electrons. The average Bonchev–Trinajstić information content (AvgIpc) is 3.29. The van der Waals surface area contributed by atoms with Gasteiger partial charge in [0.2, 0.25) is 5.91 Å². The van der Waals surface area contributed by atoms with E-state index in [2.05, 4.69) is 66.3 Å². The molecule has 186 valence electrons. The van der Waals surface area contributed by atoms with Crippen LogP contribution in [0.4, 0.5) is 0 Å². The molecule has 37 heavy (non-hydrogen) atoms. The summed E-state index contributed by atoms with van der Waals surface area (Å²) in [5.41, 5.74) is 12.3. The summed E-state index contributed by atoms with van der Waals surface area (Å²) >= 11 is 0. The van der Waals surface area contributed by atoms with Crippen LogP contribution in [0.25, 0.3) is 43.7 Å². The number of hydrogen-bond acceptors (Lipinski definition) is 3. The van der Waals surface area contributed by atoms with Crippen molar-refractivity contribution in [2.75, 3.05) is 33.2 Å². The Balaban J connectivity index is 1.55. The van der Waals surface area contributed by atoms with Crippen LogP contribution >= 0.6 is 0 Å². The fourth-order valence-corrected chi connectivity index (χ4v) is 5.64. The number of nitrogens with zero attached hydrogens (tertiary/aromatic N) is 2. The topological polar surface area (TPSA) is 82.4 Å². The summed E-state index contributed by atoms with van der Waals surface area (Å²) in [6.07, 6.45) is 0.144. The number of carbonyl (C=O) groups excluding carboxylic acids is 2. The number of likely N-dealkylation sites (N-methyl/N-ethyl adjacent to an activating group) is 1. The molecule has 0 spiro atoms. The van der Waals surface area contributed by atoms with E-state index >= 15 is 0 Å². The first-order chi connectivity index (χ1) is 17.9. The van der Waals surface area contributed by atoms with Gasteiger partial charge in [-0.1, -0.05) is 54.6 Å². The lowest BCUT2D eigenvalue weighted by Gasteiger charge is -2.32. The fourth-order valence-electron chi connectivity index (χ4n) is 5.64. The molecule has 6 heteroatoms. The normalized spacial score (nSPS) is 14.6. The van der Waals surface area contributed by atoms with Gasteiger partial charge in [-0.2, -0.15) is 0 Å². The van der Waals surface area contributed by atoms with Crippen molar-refractivity contribution >= 4 is 44.4 Å². The third kappa shape index (κ3) is 4.03. The molecule has 6 rings (SSSR count). The molecule has 2 heterocycles. The summed E-state index contributed by atoms with van der Waals surface area (Å²) in [7, 11) is 2.08. The molecular formula is C31H30N4O2. The number of aryl methyl sites for hydroxylation is 1. The largest absolute Gasteiger partial charge is 0.369 e. The van der Waals surface area contributed by atoms with Gasteiger partial charge in [-0.15, -0.1) is 0 Å². The minimum absolute atomic E-state index is 0.0516. The number of aromatic nitrogens is 1. The maximum Gasteiger partial charge on any atom is 0.254 e. The van der Waals surface area contributed by atoms with Crippen molar-refractivity contribution < 1.29 is 9.59 Å². The van der Waals surface area contributed by atoms with Gasteiger partial charge in [0, 0.05) is 48.0 Å². The number of hydrogen-bond donors (Lipinski definition) is 2. The van der Waals surface area contributed by atoms with Crippen LogP contribution in [0.5, 0.6) is 0 Å². The second-order valence-electron chi connectivity index (χ2n) is 10.1. The van der Waals surface area contributed by atoms with Gasteiger partial charge in [0.25, 0.3) is 5.91 Å². The Kier molecular flexibility index (Phi) is 5.69. The highest BCUT2D eigenvalue weighted by atomic mass is 16.2. The molecule has 0 bridgehead atoms. The van der Waals surface area contributed by atoms with Gasteiger partial charge >= 0.3 is 0 Å². The van der Waals surface area contributed by atoms with E-state index in [0.29, 0.717) is 5.56 Å². The molecule has 6 nitrogen and oxygen atoms in total. The Hall–Kier alpha value is -4.16. The summed E-state index contributed by atoms with van der Waals surface area (Å²) in [4.78, 5) is 32.9. The van der Waals surface area contributed by atoms with Crippen LogP contribution in [0.15, 0.2) is 66.7 Å². The number of aromatic amines is 1. The maximum atomic E-state index is 13.3. The summed E-state index contributed by atoms with van der Waals surface area (Å²) in [6.45, 7) is 5.35. The lowest BCUT2D eigenvalue weighted by Crippen LogP contribution is -2.47. The highest BCUT2D eigenvalue weighted by Crippen LogP contribution is 2.40. The Morgan fingerprint density at radius 3 is 2.35 bits per heavy atom. The van der Waals surface area contributed by atoms with Crippen LogP contribution < -0.4 is 5.73 Å². The maximum absolute atomic E-state index is 13.3. The Bertz CT molecular complexity index is 1690. The lowest BCUT2D eigenvalue weighted by atomic mass is 9.91. The number of benzene rings is 4. The standard InChI is InChI=1S/C31H30N4O2/c1-19-7-10-24(23-6-4-3-5-22(19)23)25-11-8-20(18-28(32)36)30-29(25)26-12-9-21(17-27(26)33-30)31(37)35-15-13-34(2)14-16-35/h3-12,17,33H,13-16,18H2,1-2H3,(H2,32,36). The number of fused-ring (bicyclic) bond motifs is 4. The first-order valence-corrected chi connectivity index (χ1v) is 12.7. The Morgan fingerprint density at radius 1 is 0.865 bits per heavy atom. The van der Waals surface area contributed by atoms with Crippen molar-refractivity contribution in [3.05, 3.63) is 83.4 Å². The van der Waals surface area contributed by atoms with Crippen molar-refractivity contribution in [3.8, 4) is 11.1 Å². The van der Waals surface area contributed by atoms with Crippen molar-refractivity contribution in [2.45, 2.75) is 13.3 Å². The second kappa shape index (κ2) is 9.05. The smallest absolute Gasteiger partial charge is 0.254 e. The lowest BCUT2D eigenvalue weighted by molar-refractivity contribution is -0.117. The van der Waals surface area contributed by atoms with Gasteiger partial charge in [0.05, 0.1) is 11.9 Å². The van der Waals surface area contributed by atoms with Crippen molar-refractivity contribution in [2.24, 2.45) is 5.73 Å². The van der Waals surface area contributed by atoms with E-state index in [4.69, 9.17) is 5.73 Å². The summed E-state index contributed by atoms with van der Waals surface area (Å²) in [6, 6.07) is 22.7. The zero-order valence-corrected chi connectivity index (χ0v) is 21.2. The number of piperazine rings is 1. The second-order valence-corrected chi connectivity index (χ2v) is 10.1. The minimum atomic E-state index is -0.376. The zero-order chi connectivity index (χ0) is 25.7. The molecular weight excluding hydrogens is 460 g/mol. The van der Waals surface area contributed by atoms with E-state index < -0.39 is 0 Å². The zero-order valence-electron chi connectivity index (χ0n) is 21.2. The Labute approximate surface area is 215 Å².